The fourth-order valence-corrected chi connectivity index (χ4v) is 14.2. The predicted molar refractivity (Wildman–Crippen MR) is 329 cm³/mol. The van der Waals surface area contributed by atoms with Crippen molar-refractivity contribution in [3.8, 4) is 11.5 Å². The number of aliphatic hydroxyl groups excluding tert-OH is 2. The van der Waals surface area contributed by atoms with E-state index >= 15 is 0 Å². The highest BCUT2D eigenvalue weighted by atomic mass is 32.2. The first-order valence-corrected chi connectivity index (χ1v) is 34.3. The van der Waals surface area contributed by atoms with Crippen LogP contribution in [0.5, 0.6) is 11.5 Å². The number of aromatic hydroxyl groups is 1. The van der Waals surface area contributed by atoms with E-state index in [0.717, 1.165) is 76.3 Å². The largest absolute Gasteiger partial charge is 0.508 e. The Labute approximate surface area is 520 Å². The van der Waals surface area contributed by atoms with Gasteiger partial charge in [-0.05, 0) is 182 Å². The number of benzene rings is 3. The minimum Gasteiger partial charge on any atom is -0.508 e. The molecule has 4 aliphatic rings. The van der Waals surface area contributed by atoms with E-state index in [4.69, 9.17) is 13.3 Å². The molecule has 4 bridgehead atoms. The molecule has 9 rings (SSSR count). The molecule has 5 aromatic rings. The zero-order valence-electron chi connectivity index (χ0n) is 53.2. The molecule has 89 heavy (non-hydrogen) atoms. The number of halogens is 6. The lowest BCUT2D eigenvalue weighted by Gasteiger charge is -2.38. The smallest absolute Gasteiger partial charge is 0.433 e. The van der Waals surface area contributed by atoms with Crippen molar-refractivity contribution in [2.75, 3.05) is 39.4 Å². The molecule has 3 N–H and O–H groups in total. The van der Waals surface area contributed by atoms with Crippen LogP contribution in [0.15, 0.2) is 90.1 Å². The fourth-order valence-electron chi connectivity index (χ4n) is 11.8. The Balaban J connectivity index is 0.000000195. The van der Waals surface area contributed by atoms with Crippen LogP contribution in [-0.2, 0) is 31.1 Å². The van der Waals surface area contributed by atoms with Crippen LogP contribution in [0.1, 0.15) is 151 Å². The van der Waals surface area contributed by atoms with E-state index in [2.05, 4.69) is 67.5 Å². The van der Waals surface area contributed by atoms with Crippen molar-refractivity contribution < 1.29 is 73.0 Å². The average Bonchev–Trinajstić information content (AvgIpc) is 1.67. The number of phenolic OH excluding ortho intramolecular Hbond substituents is 1. The molecule has 0 unspecified atom stereocenters. The number of aliphatic hydroxyl groups is 2. The minimum atomic E-state index is -4.54. The molecule has 4 saturated heterocycles. The maximum atomic E-state index is 13.0. The van der Waals surface area contributed by atoms with E-state index in [0.29, 0.717) is 38.3 Å². The molecular formula is C65H86F6N6O10SSi. The van der Waals surface area contributed by atoms with Gasteiger partial charge in [-0.3, -0.25) is 33.5 Å². The average molecular weight is 1290 g/mol. The number of nitrogens with zero attached hydrogens (tertiary/aromatic N) is 6. The maximum Gasteiger partial charge on any atom is 0.433 e. The van der Waals surface area contributed by atoms with Gasteiger partial charge < -0.3 is 34.3 Å². The van der Waals surface area contributed by atoms with Crippen molar-refractivity contribution in [2.45, 2.75) is 192 Å². The molecule has 2 amide bonds. The van der Waals surface area contributed by atoms with Crippen molar-refractivity contribution in [3.05, 3.63) is 147 Å². The van der Waals surface area contributed by atoms with Gasteiger partial charge in [-0.25, -0.2) is 0 Å². The Morgan fingerprint density at radius 3 is 1.51 bits per heavy atom. The molecule has 9 atom stereocenters. The van der Waals surface area contributed by atoms with Gasteiger partial charge in [-0.2, -0.15) is 34.8 Å². The van der Waals surface area contributed by atoms with Crippen LogP contribution >= 0.6 is 0 Å². The fraction of sp³-hybridized carbons (Fsp3) is 0.538. The summed E-state index contributed by atoms with van der Waals surface area (Å²) >= 11 is 0. The van der Waals surface area contributed by atoms with Gasteiger partial charge in [0.25, 0.3) is 21.9 Å². The van der Waals surface area contributed by atoms with E-state index in [1.807, 2.05) is 59.7 Å². The standard InChI is InChI=1S/C26H32F3N3O4.C22H24F3N3O2.C17H30O4SSi/c1-14-15(2)23(36-13-22(34)17(4)33)7-6-21(14)16(3)31-11-20-9-19(31)12-32(20)25(35)18-5-8-24(30-10-18)26(27,28)29;1-12-13(2)19(29)6-5-18(12)14(3)27-10-17-8-16(27)11-28(17)21(30)15-4-7-20(26-9-15)22(23,24)25;1-14-8-10-16(11-9-14)22(18,19)20-13-12-15(2)21-23(6,7)17(3,4)5/h5-8,10,16-17,19-20,22,33-34H,9,11-13H2,1-4H3;4-7,9,14,16-17,29H,8,10-11H2,1-3H3;8-11,15H,12-13H2,1-7H3/t16-,17-,19-,20-,22-;14-,16-,17-;15-/m000/s1. The van der Waals surface area contributed by atoms with E-state index < -0.39 is 54.4 Å². The van der Waals surface area contributed by atoms with Gasteiger partial charge in [0, 0.05) is 80.9 Å². The third-order valence-corrected chi connectivity index (χ3v) is 24.4. The van der Waals surface area contributed by atoms with Crippen LogP contribution in [0, 0.1) is 34.6 Å². The Bertz CT molecular complexity index is 3390. The summed E-state index contributed by atoms with van der Waals surface area (Å²) in [7, 11) is -5.53. The monoisotopic (exact) mass is 1280 g/mol. The molecule has 3 aromatic carbocycles. The number of phenols is 1. The summed E-state index contributed by atoms with van der Waals surface area (Å²) in [5.41, 5.74) is 5.63. The number of aromatic nitrogens is 2. The summed E-state index contributed by atoms with van der Waals surface area (Å²) in [6, 6.07) is 19.0. The number of carbonyl (C=O) groups is 2. The van der Waals surface area contributed by atoms with Gasteiger partial charge in [-0.15, -0.1) is 0 Å². The number of aryl methyl sites for hydroxylation is 1. The summed E-state index contributed by atoms with van der Waals surface area (Å²) in [5.74, 6) is 0.387. The van der Waals surface area contributed by atoms with Crippen LogP contribution in [-0.4, -0.2) is 155 Å². The van der Waals surface area contributed by atoms with Crippen molar-refractivity contribution in [3.63, 3.8) is 0 Å². The number of amides is 2. The number of carbonyl (C=O) groups excluding carboxylic acids is 2. The Morgan fingerprint density at radius 1 is 0.640 bits per heavy atom. The second-order valence-corrected chi connectivity index (χ2v) is 32.0. The Morgan fingerprint density at radius 2 is 1.10 bits per heavy atom. The number of rotatable bonds is 17. The topological polar surface area (TPSA) is 195 Å². The molecule has 0 radical (unpaired) electrons. The van der Waals surface area contributed by atoms with Crippen molar-refractivity contribution in [1.29, 1.82) is 0 Å². The molecule has 4 aliphatic heterocycles. The molecule has 0 spiro atoms. The number of ether oxygens (including phenoxy) is 1. The molecule has 4 fully saturated rings. The third-order valence-electron chi connectivity index (χ3n) is 18.5. The van der Waals surface area contributed by atoms with Crippen LogP contribution in [0.3, 0.4) is 0 Å². The van der Waals surface area contributed by atoms with Crippen LogP contribution in [0.2, 0.25) is 18.1 Å². The number of pyridine rings is 2. The zero-order valence-corrected chi connectivity index (χ0v) is 55.0. The van der Waals surface area contributed by atoms with E-state index in [1.54, 1.807) is 40.1 Å². The van der Waals surface area contributed by atoms with E-state index in [1.165, 1.54) is 19.1 Å². The summed E-state index contributed by atoms with van der Waals surface area (Å²) in [5, 5.41) is 29.3. The zero-order chi connectivity index (χ0) is 66.0. The summed E-state index contributed by atoms with van der Waals surface area (Å²) in [6.07, 6.45) is -6.68. The lowest BCUT2D eigenvalue weighted by atomic mass is 9.96. The maximum absolute atomic E-state index is 13.0. The van der Waals surface area contributed by atoms with Crippen molar-refractivity contribution in [2.24, 2.45) is 0 Å². The van der Waals surface area contributed by atoms with Crippen LogP contribution in [0.25, 0.3) is 0 Å². The first kappa shape index (κ1) is 70.5. The number of hydrogen-bond acceptors (Lipinski definition) is 14. The highest BCUT2D eigenvalue weighted by molar-refractivity contribution is 7.86. The summed E-state index contributed by atoms with van der Waals surface area (Å²) < 4.78 is 118. The molecule has 24 heteroatoms. The Kier molecular flexibility index (Phi) is 22.0. The molecular weight excluding hydrogens is 1200 g/mol. The number of fused-ring (bicyclic) bond motifs is 4. The summed E-state index contributed by atoms with van der Waals surface area (Å²) in [6.45, 7) is 31.1. The molecule has 0 saturated carbocycles. The van der Waals surface area contributed by atoms with Gasteiger partial charge in [-0.1, -0.05) is 50.6 Å². The minimum absolute atomic E-state index is 0.00103. The van der Waals surface area contributed by atoms with Gasteiger partial charge in [0.2, 0.25) is 0 Å². The molecule has 6 heterocycles. The second-order valence-electron chi connectivity index (χ2n) is 25.6. The number of likely N-dealkylation sites (tertiary alicyclic amines) is 4. The second kappa shape index (κ2) is 27.8. The van der Waals surface area contributed by atoms with Crippen LogP contribution in [0.4, 0.5) is 26.3 Å². The number of alkyl halides is 6. The van der Waals surface area contributed by atoms with Crippen molar-refractivity contribution >= 4 is 30.2 Å². The van der Waals surface area contributed by atoms with Gasteiger partial charge in [0.1, 0.15) is 35.6 Å². The number of hydrogen-bond donors (Lipinski definition) is 3. The quantitative estimate of drug-likeness (QED) is 0.0452. The first-order valence-electron chi connectivity index (χ1n) is 30.0. The summed E-state index contributed by atoms with van der Waals surface area (Å²) in [4.78, 5) is 41.1. The highest BCUT2D eigenvalue weighted by Gasteiger charge is 2.49. The molecule has 0 aliphatic carbocycles. The van der Waals surface area contributed by atoms with E-state index in [-0.39, 0.29) is 94.2 Å². The van der Waals surface area contributed by atoms with Gasteiger partial charge in [0.15, 0.2) is 8.32 Å². The highest BCUT2D eigenvalue weighted by Crippen LogP contribution is 2.43. The Hall–Kier alpha value is -5.99. The first-order chi connectivity index (χ1) is 41.3. The SMILES string of the molecule is Cc1c(O)ccc([C@H](C)N2C[C@@H]3C[C@H]2CN3C(=O)c2ccc(C(F)(F)F)nc2)c1C.Cc1c(OC[C@H](O)[C@H](C)O)ccc([C@H](C)N2C[C@@H]3C[C@H]2CN3C(=O)c2ccc(C(F)(F)F)nc2)c1C.Cc1ccc(S(=O)(=O)OCC[C@H](C)O[Si](C)(C)C(C)(C)C)cc1. The van der Waals surface area contributed by atoms with Gasteiger partial charge >= 0.3 is 12.4 Å². The normalized spacial score (nSPS) is 20.5. The third kappa shape index (κ3) is 16.6. The van der Waals surface area contributed by atoms with Crippen LogP contribution < -0.4 is 4.74 Å². The predicted octanol–water partition coefficient (Wildman–Crippen LogP) is 12.1. The molecule has 488 valence electrons. The van der Waals surface area contributed by atoms with E-state index in [9.17, 15) is 59.7 Å². The number of piperazine rings is 2. The molecule has 2 aromatic heterocycles. The lowest BCUT2D eigenvalue weighted by molar-refractivity contribution is -0.142. The van der Waals surface area contributed by atoms with Crippen molar-refractivity contribution in [1.82, 2.24) is 29.6 Å². The van der Waals surface area contributed by atoms with Gasteiger partial charge in [0.05, 0.1) is 28.7 Å². The lowest BCUT2D eigenvalue weighted by Crippen LogP contribution is -2.49. The molecule has 16 nitrogen and oxygen atoms in total.